The maximum Gasteiger partial charge on any atom is 0.471 e. The number of ether oxygens (including phenoxy) is 2. The molecule has 0 radical (unpaired) electrons. The zero-order valence-electron chi connectivity index (χ0n) is 15.1. The van der Waals surface area contributed by atoms with Gasteiger partial charge in [-0.05, 0) is 31.7 Å². The van der Waals surface area contributed by atoms with Crippen LogP contribution in [0.1, 0.15) is 31.7 Å². The van der Waals surface area contributed by atoms with E-state index < -0.39 is 24.1 Å². The standard InChI is InChI=1S/C19H24F3NO4/c1-2-27-17(24)12-11-16(23-18(25)19(20,21)22)10-6-7-13-26-14-15-8-4-3-5-9-15/h3-5,8-9,11-12,16H,2,6-7,10,13-14H2,1H3,(H,23,25)/b12-11+/t16-/m0/s1. The molecule has 1 atom stereocenters. The molecule has 1 aromatic rings. The maximum atomic E-state index is 12.4. The number of halogens is 3. The number of rotatable bonds is 11. The van der Waals surface area contributed by atoms with E-state index in [9.17, 15) is 22.8 Å². The Balaban J connectivity index is 2.40. The minimum atomic E-state index is -4.98. The fourth-order valence-corrected chi connectivity index (χ4v) is 2.18. The van der Waals surface area contributed by atoms with Crippen molar-refractivity contribution in [3.05, 3.63) is 48.0 Å². The Morgan fingerprint density at radius 3 is 2.52 bits per heavy atom. The molecule has 0 aromatic heterocycles. The fraction of sp³-hybridized carbons (Fsp3) is 0.474. The summed E-state index contributed by atoms with van der Waals surface area (Å²) < 4.78 is 47.5. The fourth-order valence-electron chi connectivity index (χ4n) is 2.18. The average Bonchev–Trinajstić information content (AvgIpc) is 2.62. The van der Waals surface area contributed by atoms with Crippen molar-refractivity contribution in [1.29, 1.82) is 0 Å². The van der Waals surface area contributed by atoms with Gasteiger partial charge in [-0.3, -0.25) is 4.79 Å². The normalized spacial score (nSPS) is 12.7. The quantitative estimate of drug-likeness (QED) is 0.358. The summed E-state index contributed by atoms with van der Waals surface area (Å²) in [4.78, 5) is 22.4. The van der Waals surface area contributed by atoms with E-state index >= 15 is 0 Å². The van der Waals surface area contributed by atoms with Gasteiger partial charge in [-0.2, -0.15) is 13.2 Å². The van der Waals surface area contributed by atoms with Crippen LogP contribution in [-0.2, 0) is 25.7 Å². The molecule has 0 bridgehead atoms. The molecule has 0 aliphatic rings. The van der Waals surface area contributed by atoms with Crippen LogP contribution < -0.4 is 5.32 Å². The van der Waals surface area contributed by atoms with Gasteiger partial charge in [0.2, 0.25) is 0 Å². The highest BCUT2D eigenvalue weighted by molar-refractivity contribution is 5.83. The highest BCUT2D eigenvalue weighted by atomic mass is 19.4. The van der Waals surface area contributed by atoms with Gasteiger partial charge in [-0.25, -0.2) is 4.79 Å². The van der Waals surface area contributed by atoms with Crippen LogP contribution in [0, 0.1) is 0 Å². The molecule has 0 spiro atoms. The Morgan fingerprint density at radius 2 is 1.89 bits per heavy atom. The molecule has 0 aliphatic carbocycles. The number of nitrogens with one attached hydrogen (secondary N) is 1. The monoisotopic (exact) mass is 387 g/mol. The number of esters is 1. The maximum absolute atomic E-state index is 12.4. The van der Waals surface area contributed by atoms with Crippen molar-refractivity contribution >= 4 is 11.9 Å². The first-order valence-corrected chi connectivity index (χ1v) is 8.67. The Kier molecular flexibility index (Phi) is 10.2. The summed E-state index contributed by atoms with van der Waals surface area (Å²) in [6.45, 7) is 2.67. The third-order valence-electron chi connectivity index (χ3n) is 3.49. The first kappa shape index (κ1) is 22.7. The Labute approximate surface area is 156 Å². The summed E-state index contributed by atoms with van der Waals surface area (Å²) in [7, 11) is 0. The van der Waals surface area contributed by atoms with Crippen LogP contribution >= 0.6 is 0 Å². The van der Waals surface area contributed by atoms with Gasteiger partial charge in [0.1, 0.15) is 0 Å². The van der Waals surface area contributed by atoms with Crippen LogP contribution in [0.25, 0.3) is 0 Å². The Hall–Kier alpha value is -2.35. The zero-order valence-corrected chi connectivity index (χ0v) is 15.1. The number of hydrogen-bond acceptors (Lipinski definition) is 4. The van der Waals surface area contributed by atoms with Crippen LogP contribution in [0.2, 0.25) is 0 Å². The molecule has 0 saturated heterocycles. The number of alkyl halides is 3. The summed E-state index contributed by atoms with van der Waals surface area (Å²) in [6.07, 6.45) is -1.37. The van der Waals surface area contributed by atoms with Crippen LogP contribution in [0.4, 0.5) is 13.2 Å². The minimum Gasteiger partial charge on any atom is -0.463 e. The minimum absolute atomic E-state index is 0.154. The van der Waals surface area contributed by atoms with E-state index in [0.29, 0.717) is 26.1 Å². The van der Waals surface area contributed by atoms with Crippen molar-refractivity contribution in [1.82, 2.24) is 5.32 Å². The molecular formula is C19H24F3NO4. The SMILES string of the molecule is CCOC(=O)/C=C/[C@H](CCCCOCc1ccccc1)NC(=O)C(F)(F)F. The third-order valence-corrected chi connectivity index (χ3v) is 3.49. The number of benzene rings is 1. The van der Waals surface area contributed by atoms with Crippen molar-refractivity contribution in [3.8, 4) is 0 Å². The topological polar surface area (TPSA) is 64.6 Å². The van der Waals surface area contributed by atoms with E-state index in [1.54, 1.807) is 6.92 Å². The smallest absolute Gasteiger partial charge is 0.463 e. The van der Waals surface area contributed by atoms with Crippen molar-refractivity contribution in [2.24, 2.45) is 0 Å². The molecule has 0 unspecified atom stereocenters. The molecule has 5 nitrogen and oxygen atoms in total. The predicted octanol–water partition coefficient (Wildman–Crippen LogP) is 3.54. The summed E-state index contributed by atoms with van der Waals surface area (Å²) in [6, 6.07) is 8.66. The number of amides is 1. The van der Waals surface area contributed by atoms with Gasteiger partial charge in [0, 0.05) is 18.7 Å². The van der Waals surface area contributed by atoms with Crippen molar-refractivity contribution in [3.63, 3.8) is 0 Å². The van der Waals surface area contributed by atoms with Crippen molar-refractivity contribution in [2.75, 3.05) is 13.2 Å². The predicted molar refractivity (Wildman–Crippen MR) is 93.7 cm³/mol. The number of carbonyl (C=O) groups excluding carboxylic acids is 2. The van der Waals surface area contributed by atoms with Crippen molar-refractivity contribution in [2.45, 2.75) is 45.0 Å². The van der Waals surface area contributed by atoms with E-state index in [1.807, 2.05) is 35.6 Å². The molecular weight excluding hydrogens is 363 g/mol. The second-order valence-corrected chi connectivity index (χ2v) is 5.72. The molecule has 0 aliphatic heterocycles. The van der Waals surface area contributed by atoms with E-state index in [2.05, 4.69) is 4.74 Å². The number of carbonyl (C=O) groups is 2. The highest BCUT2D eigenvalue weighted by Crippen LogP contribution is 2.15. The van der Waals surface area contributed by atoms with E-state index in [-0.39, 0.29) is 13.0 Å². The van der Waals surface area contributed by atoms with Gasteiger partial charge in [0.25, 0.3) is 0 Å². The molecule has 1 amide bonds. The third kappa shape index (κ3) is 10.4. The molecule has 8 heteroatoms. The van der Waals surface area contributed by atoms with E-state index in [1.165, 1.54) is 6.08 Å². The lowest BCUT2D eigenvalue weighted by Crippen LogP contribution is -2.42. The summed E-state index contributed by atoms with van der Waals surface area (Å²) in [5, 5.41) is 1.87. The van der Waals surface area contributed by atoms with Crippen LogP contribution in [0.15, 0.2) is 42.5 Å². The second kappa shape index (κ2) is 12.1. The van der Waals surface area contributed by atoms with Gasteiger partial charge in [-0.15, -0.1) is 0 Å². The molecule has 0 saturated carbocycles. The molecule has 1 rings (SSSR count). The summed E-state index contributed by atoms with van der Waals surface area (Å²) in [5.41, 5.74) is 1.03. The molecule has 1 N–H and O–H groups in total. The molecule has 150 valence electrons. The first-order chi connectivity index (χ1) is 12.8. The van der Waals surface area contributed by atoms with Gasteiger partial charge in [0.05, 0.1) is 13.2 Å². The molecule has 0 heterocycles. The second-order valence-electron chi connectivity index (χ2n) is 5.72. The van der Waals surface area contributed by atoms with Gasteiger partial charge >= 0.3 is 18.1 Å². The largest absolute Gasteiger partial charge is 0.471 e. The number of hydrogen-bond donors (Lipinski definition) is 1. The Bertz CT molecular complexity index is 603. The first-order valence-electron chi connectivity index (χ1n) is 8.67. The number of unbranched alkanes of at least 4 members (excludes halogenated alkanes) is 1. The van der Waals surface area contributed by atoms with Crippen LogP contribution in [-0.4, -0.2) is 37.3 Å². The highest BCUT2D eigenvalue weighted by Gasteiger charge is 2.39. The van der Waals surface area contributed by atoms with Crippen molar-refractivity contribution < 1.29 is 32.2 Å². The molecule has 27 heavy (non-hydrogen) atoms. The lowest BCUT2D eigenvalue weighted by Gasteiger charge is -2.16. The van der Waals surface area contributed by atoms with Crippen LogP contribution in [0.3, 0.4) is 0 Å². The zero-order chi connectivity index (χ0) is 20.1. The molecule has 0 fully saturated rings. The lowest BCUT2D eigenvalue weighted by atomic mass is 10.1. The summed E-state index contributed by atoms with van der Waals surface area (Å²) in [5.74, 6) is -2.71. The Morgan fingerprint density at radius 1 is 1.19 bits per heavy atom. The van der Waals surface area contributed by atoms with Gasteiger partial charge < -0.3 is 14.8 Å². The summed E-state index contributed by atoms with van der Waals surface area (Å²) >= 11 is 0. The average molecular weight is 387 g/mol. The van der Waals surface area contributed by atoms with Gasteiger partial charge in [0.15, 0.2) is 0 Å². The van der Waals surface area contributed by atoms with E-state index in [4.69, 9.17) is 4.74 Å². The van der Waals surface area contributed by atoms with Gasteiger partial charge in [-0.1, -0.05) is 36.4 Å². The van der Waals surface area contributed by atoms with E-state index in [0.717, 1.165) is 11.6 Å². The van der Waals surface area contributed by atoms with Crippen LogP contribution in [0.5, 0.6) is 0 Å². The lowest BCUT2D eigenvalue weighted by molar-refractivity contribution is -0.174. The molecule has 1 aromatic carbocycles.